The van der Waals surface area contributed by atoms with E-state index in [9.17, 15) is 0 Å². The van der Waals surface area contributed by atoms with Gasteiger partial charge in [0.25, 0.3) is 68.8 Å². The molecular formula is C94H94N11O11Y5-5. The van der Waals surface area contributed by atoms with Crippen LogP contribution in [0.15, 0.2) is 297 Å². The van der Waals surface area contributed by atoms with Gasteiger partial charge in [0.2, 0.25) is 0 Å². The van der Waals surface area contributed by atoms with Gasteiger partial charge in [-0.1, -0.05) is 237 Å². The molecule has 0 atom stereocenters. The monoisotopic (exact) mass is 2000 g/mol. The van der Waals surface area contributed by atoms with Crippen molar-refractivity contribution in [3.05, 3.63) is 401 Å². The Hall–Kier alpha value is -10.9. The summed E-state index contributed by atoms with van der Waals surface area (Å²) in [4.78, 5) is 0. The third kappa shape index (κ3) is 69.6. The number of methoxy groups -OCH3 is 6. The zero-order valence-corrected chi connectivity index (χ0v) is 84.0. The van der Waals surface area contributed by atoms with Gasteiger partial charge in [-0.05, 0) is 166 Å². The van der Waals surface area contributed by atoms with Gasteiger partial charge >= 0.3 is 0 Å². The molecule has 121 heavy (non-hydrogen) atoms. The number of nitriles is 11. The zero-order chi connectivity index (χ0) is 81.3. The molecule has 0 aromatic heterocycles. The molecule has 0 aliphatic rings. The molecule has 0 saturated heterocycles. The molecule has 5 radical (unpaired) electrons. The first-order valence-electron chi connectivity index (χ1n) is 32.9. The second kappa shape index (κ2) is 93.0. The quantitative estimate of drug-likeness (QED) is 0.0603. The van der Waals surface area contributed by atoms with Crippen LogP contribution in [0.2, 0.25) is 0 Å². The summed E-state index contributed by atoms with van der Waals surface area (Å²) >= 11 is 0. The predicted octanol–water partition coefficient (Wildman–Crippen LogP) is 20.2. The Balaban J connectivity index is -0.000000147. The van der Waals surface area contributed by atoms with E-state index in [0.717, 1.165) is 60.8 Å². The Labute approximate surface area is 843 Å². The molecule has 22 nitrogen and oxygen atoms in total. The third-order valence-corrected chi connectivity index (χ3v) is 13.7. The second-order valence-corrected chi connectivity index (χ2v) is 21.3. The number of rotatable bonds is 17. The van der Waals surface area contributed by atoms with Crippen molar-refractivity contribution < 1.29 is 216 Å². The molecule has 0 saturated carbocycles. The molecule has 0 unspecified atom stereocenters. The van der Waals surface area contributed by atoms with Crippen molar-refractivity contribution >= 4 is 0 Å². The van der Waals surface area contributed by atoms with Crippen molar-refractivity contribution in [2.75, 3.05) is 42.7 Å². The van der Waals surface area contributed by atoms with E-state index in [1.54, 1.807) is 91.9 Å². The van der Waals surface area contributed by atoms with Crippen LogP contribution >= 0.6 is 0 Å². The van der Waals surface area contributed by atoms with Crippen LogP contribution in [0.3, 0.4) is 0 Å². The summed E-state index contributed by atoms with van der Waals surface area (Å²) in [6.45, 7) is 0. The van der Waals surface area contributed by atoms with E-state index in [2.05, 4.69) is 203 Å². The summed E-state index contributed by atoms with van der Waals surface area (Å²) in [5, 5.41) is 86.0. The van der Waals surface area contributed by atoms with Crippen LogP contribution in [-0.4, -0.2) is 42.7 Å². The summed E-state index contributed by atoms with van der Waals surface area (Å²) in [6.07, 6.45) is 22.2. The van der Waals surface area contributed by atoms with Gasteiger partial charge in [0.15, 0.2) is 0 Å². The minimum Gasteiger partial charge on any atom is -0.431 e. The average molecular weight is 2000 g/mol. The maximum absolute atomic E-state index is 8.39. The summed E-state index contributed by atoms with van der Waals surface area (Å²) in [5.74, 6) is 2.71. The van der Waals surface area contributed by atoms with Crippen molar-refractivity contribution in [3.63, 3.8) is 0 Å². The van der Waals surface area contributed by atoms with E-state index in [-0.39, 0.29) is 201 Å². The molecule has 0 bridgehead atoms. The smallest absolute Gasteiger partial charge is 0.292 e. The Bertz CT molecular complexity index is 4180. The van der Waals surface area contributed by atoms with Crippen molar-refractivity contribution in [1.29, 1.82) is 57.9 Å². The molecule has 0 aliphatic carbocycles. The fourth-order valence-corrected chi connectivity index (χ4v) is 8.80. The van der Waals surface area contributed by atoms with Gasteiger partial charge in [0.1, 0.15) is 28.7 Å². The summed E-state index contributed by atoms with van der Waals surface area (Å²) < 4.78 is 46.4. The fraction of sp³-hybridized carbons (Fsp3) is 0.128. The van der Waals surface area contributed by atoms with Gasteiger partial charge < -0.3 is 89.2 Å². The maximum atomic E-state index is 8.39. The van der Waals surface area contributed by atoms with Crippen molar-refractivity contribution in [2.45, 2.75) is 38.5 Å². The number of para-hydroxylation sites is 1. The van der Waals surface area contributed by atoms with Gasteiger partial charge in [-0.2, -0.15) is 31.6 Å². The zero-order valence-electron chi connectivity index (χ0n) is 69.8. The Kier molecular flexibility index (Phi) is 101. The molecule has 611 valence electrons. The van der Waals surface area contributed by atoms with E-state index < -0.39 is 0 Å². The van der Waals surface area contributed by atoms with Gasteiger partial charge in [-0.3, -0.25) is 0 Å². The van der Waals surface area contributed by atoms with Crippen molar-refractivity contribution in [2.24, 2.45) is 0 Å². The molecule has 0 heterocycles. The van der Waals surface area contributed by atoms with E-state index in [0.29, 0.717) is 28.7 Å². The van der Waals surface area contributed by atoms with Gasteiger partial charge in [-0.15, -0.1) is 26.3 Å². The molecule has 0 N–H and O–H groups in total. The number of hydrogen-bond acceptors (Lipinski definition) is 22. The number of ether oxygens (including phenoxy) is 11. The van der Waals surface area contributed by atoms with E-state index in [1.807, 2.05) is 66.7 Å². The van der Waals surface area contributed by atoms with Gasteiger partial charge in [-0.25, -0.2) is 0 Å². The molecule has 0 spiro atoms. The Morgan fingerprint density at radius 1 is 0.157 bits per heavy atom. The minimum absolute atomic E-state index is 0. The Morgan fingerprint density at radius 3 is 0.372 bits per heavy atom. The maximum Gasteiger partial charge on any atom is 0.292 e. The summed E-state index contributed by atoms with van der Waals surface area (Å²) in [6, 6.07) is 98.6. The Morgan fingerprint density at radius 2 is 0.256 bits per heavy atom. The van der Waals surface area contributed by atoms with Crippen LogP contribution in [-0.2, 0) is 230 Å². The van der Waals surface area contributed by atoms with Gasteiger partial charge in [0.05, 0.1) is 42.7 Å². The SMILES string of the molecule is COC#N.COC#N.COC#N.COC#N.COC#N.COC#N.N#COc1ccc(Cc2ccc(OC#N)cc2)cc1.N#COc1ccc(Cc2ccc(OC#N)cc2)cc1.N#COc1ccccc1.[CH3-].[CH3-].[CH3-].[CH3-].[CH3-].[Y].[Y].[Y].[Y].[Y].c1ccc(Cc2ccc(Cc3ccccc3)cc2)cc1.c1ccc(Cc2ccc(Cc3ccccc3)cc2)cc1. The normalized spacial score (nSPS) is 7.69. The first-order valence-corrected chi connectivity index (χ1v) is 32.9. The first-order chi connectivity index (χ1) is 54.3. The van der Waals surface area contributed by atoms with E-state index >= 15 is 0 Å². The average Bonchev–Trinajstić information content (AvgIpc) is 0.890. The molecule has 0 fully saturated rings. The van der Waals surface area contributed by atoms with E-state index in [4.69, 9.17) is 76.8 Å². The molecule has 27 heteroatoms. The number of benzene rings is 11. The van der Waals surface area contributed by atoms with Crippen LogP contribution in [0.25, 0.3) is 0 Å². The first kappa shape index (κ1) is 131. The molecule has 11 rings (SSSR count). The molecule has 11 aromatic rings. The number of nitrogens with zero attached hydrogens (tertiary/aromatic N) is 11. The summed E-state index contributed by atoms with van der Waals surface area (Å²) in [5.41, 5.74) is 15.4. The fourth-order valence-electron chi connectivity index (χ4n) is 8.80. The van der Waals surface area contributed by atoms with Crippen LogP contribution in [0.1, 0.15) is 66.8 Å². The largest absolute Gasteiger partial charge is 0.431 e. The van der Waals surface area contributed by atoms with Crippen LogP contribution in [0.5, 0.6) is 28.7 Å². The van der Waals surface area contributed by atoms with Crippen LogP contribution in [0.4, 0.5) is 0 Å². The summed E-state index contributed by atoms with van der Waals surface area (Å²) in [7, 11) is 7.92. The third-order valence-electron chi connectivity index (χ3n) is 13.7. The second-order valence-electron chi connectivity index (χ2n) is 21.3. The minimum atomic E-state index is 0. The predicted molar refractivity (Wildman–Crippen MR) is 447 cm³/mol. The van der Waals surface area contributed by atoms with Crippen LogP contribution < -0.4 is 23.7 Å². The molecule has 0 amide bonds. The van der Waals surface area contributed by atoms with Crippen molar-refractivity contribution in [1.82, 2.24) is 0 Å². The molecule has 11 aromatic carbocycles. The topological polar surface area (TPSA) is 363 Å². The van der Waals surface area contributed by atoms with Crippen LogP contribution in [0, 0.1) is 164 Å². The molecule has 0 aliphatic heterocycles. The van der Waals surface area contributed by atoms with Crippen molar-refractivity contribution in [3.8, 4) is 97.6 Å². The standard InChI is InChI=1S/2C20H18.2C15H10N2O2.C7H5NO.6C2H3NO.5CH3.5Y/c2*1-3-7-17(8-4-1)15-19-11-13-20(14-12-19)16-18-9-5-2-6-10-18;2*16-10-18-14-5-1-12(2-6-14)9-13-3-7-15(8-4-13)19-11-17;8-6-9-7-4-2-1-3-5-7;6*1-4-2-3;;;;;;;;;;/h2*1-14H,15-16H2;2*1-8H,9H2;1-5H;6*1H3;5*1H3;;;;;/q;;;;;;;;;;;5*-1;;;;;. The van der Waals surface area contributed by atoms with Gasteiger partial charge in [0, 0.05) is 164 Å². The molecular weight excluding hydrogens is 1900 g/mol. The number of hydrogen-bond donors (Lipinski definition) is 0. The van der Waals surface area contributed by atoms with E-state index in [1.165, 1.54) is 125 Å².